The van der Waals surface area contributed by atoms with Crippen LogP contribution in [0.4, 0.5) is 0 Å². The highest BCUT2D eigenvalue weighted by atomic mass is 16.7. The minimum absolute atomic E-state index is 0.0277. The van der Waals surface area contributed by atoms with Crippen molar-refractivity contribution in [2.75, 3.05) is 46.4 Å². The second kappa shape index (κ2) is 15.5. The van der Waals surface area contributed by atoms with Crippen LogP contribution in [0, 0.1) is 5.92 Å². The second-order valence-electron chi connectivity index (χ2n) is 11.9. The van der Waals surface area contributed by atoms with Crippen LogP contribution in [0.25, 0.3) is 0 Å². The maximum absolute atomic E-state index is 11.7. The third-order valence-corrected chi connectivity index (χ3v) is 8.53. The number of nitrogens with one attached hydrogen (secondary N) is 3. The van der Waals surface area contributed by atoms with Crippen LogP contribution in [-0.2, 0) is 14.2 Å². The lowest BCUT2D eigenvalue weighted by atomic mass is 9.72. The first-order valence-electron chi connectivity index (χ1n) is 14.4. The van der Waals surface area contributed by atoms with Crippen molar-refractivity contribution in [1.82, 2.24) is 16.0 Å². The molecule has 17 nitrogen and oxygen atoms in total. The van der Waals surface area contributed by atoms with Gasteiger partial charge in [0.15, 0.2) is 6.29 Å². The molecular weight excluding hydrogens is 562 g/mol. The van der Waals surface area contributed by atoms with Gasteiger partial charge >= 0.3 is 0 Å². The Balaban J connectivity index is 1.84. The van der Waals surface area contributed by atoms with Gasteiger partial charge in [-0.2, -0.15) is 0 Å². The van der Waals surface area contributed by atoms with Gasteiger partial charge in [-0.25, -0.2) is 0 Å². The normalized spacial score (nSPS) is 46.4. The molecule has 0 bridgehead atoms. The first-order chi connectivity index (χ1) is 19.8. The number of nitrogens with two attached hydrogens (primary N) is 2. The third-order valence-electron chi connectivity index (χ3n) is 8.53. The molecule has 0 aromatic carbocycles. The van der Waals surface area contributed by atoms with Gasteiger partial charge in [-0.1, -0.05) is 0 Å². The van der Waals surface area contributed by atoms with Gasteiger partial charge in [-0.3, -0.25) is 0 Å². The molecule has 2 saturated heterocycles. The fourth-order valence-corrected chi connectivity index (χ4v) is 6.12. The predicted octanol–water partition coefficient (Wildman–Crippen LogP) is -7.79. The van der Waals surface area contributed by atoms with Gasteiger partial charge in [0.1, 0.15) is 36.1 Å². The molecule has 0 radical (unpaired) electrons. The summed E-state index contributed by atoms with van der Waals surface area (Å²) in [6.45, 7) is 0.731. The first-order valence-corrected chi connectivity index (χ1v) is 14.4. The summed E-state index contributed by atoms with van der Waals surface area (Å²) in [7, 11) is 1.56. The van der Waals surface area contributed by atoms with Crippen LogP contribution in [0.5, 0.6) is 0 Å². The molecule has 16 atom stereocenters. The van der Waals surface area contributed by atoms with E-state index in [2.05, 4.69) is 16.0 Å². The van der Waals surface area contributed by atoms with E-state index in [1.54, 1.807) is 7.05 Å². The van der Waals surface area contributed by atoms with E-state index in [0.717, 1.165) is 0 Å². The molecule has 3 fully saturated rings. The van der Waals surface area contributed by atoms with Crippen molar-refractivity contribution in [3.05, 3.63) is 0 Å². The van der Waals surface area contributed by atoms with Crippen molar-refractivity contribution in [3.63, 3.8) is 0 Å². The lowest BCUT2D eigenvalue weighted by Gasteiger charge is -2.52. The fourth-order valence-electron chi connectivity index (χ4n) is 6.12. The molecule has 1 saturated carbocycles. The van der Waals surface area contributed by atoms with E-state index in [-0.39, 0.29) is 39.2 Å². The van der Waals surface area contributed by atoms with Crippen LogP contribution >= 0.6 is 0 Å². The van der Waals surface area contributed by atoms with Crippen LogP contribution in [0.2, 0.25) is 0 Å². The summed E-state index contributed by atoms with van der Waals surface area (Å²) in [5.41, 5.74) is 10.6. The van der Waals surface area contributed by atoms with Crippen LogP contribution in [0.3, 0.4) is 0 Å². The van der Waals surface area contributed by atoms with Gasteiger partial charge in [0.25, 0.3) is 0 Å². The zero-order chi connectivity index (χ0) is 31.4. The van der Waals surface area contributed by atoms with Gasteiger partial charge in [-0.05, 0) is 20.4 Å². The molecule has 42 heavy (non-hydrogen) atoms. The molecule has 16 N–H and O–H groups in total. The zero-order valence-electron chi connectivity index (χ0n) is 24.0. The Hall–Kier alpha value is -0.680. The Morgan fingerprint density at radius 2 is 1.69 bits per heavy atom. The molecule has 0 aromatic heterocycles. The largest absolute Gasteiger partial charge is 0.394 e. The first kappa shape index (κ1) is 35.8. The van der Waals surface area contributed by atoms with Crippen LogP contribution in [0.1, 0.15) is 13.3 Å². The maximum atomic E-state index is 11.7. The molecule has 248 valence electrons. The molecule has 0 spiro atoms. The second-order valence-corrected chi connectivity index (χ2v) is 11.9. The Morgan fingerprint density at radius 3 is 2.31 bits per heavy atom. The molecule has 3 aliphatic rings. The summed E-state index contributed by atoms with van der Waals surface area (Å²) in [5, 5.41) is 103. The highest BCUT2D eigenvalue weighted by molar-refractivity contribution is 5.07. The van der Waals surface area contributed by atoms with E-state index in [4.69, 9.17) is 30.8 Å². The summed E-state index contributed by atoms with van der Waals surface area (Å²) in [6, 6.07) is -2.35. The summed E-state index contributed by atoms with van der Waals surface area (Å²) in [6.07, 6.45) is -14.2. The van der Waals surface area contributed by atoms with E-state index in [0.29, 0.717) is 0 Å². The number of ether oxygens (including phenoxy) is 3. The van der Waals surface area contributed by atoms with Crippen LogP contribution in [0.15, 0.2) is 0 Å². The van der Waals surface area contributed by atoms with E-state index in [9.17, 15) is 40.9 Å². The van der Waals surface area contributed by atoms with Crippen molar-refractivity contribution >= 4 is 0 Å². The van der Waals surface area contributed by atoms with Crippen LogP contribution < -0.4 is 27.4 Å². The Bertz CT molecular complexity index is 820. The highest BCUT2D eigenvalue weighted by Gasteiger charge is 2.55. The van der Waals surface area contributed by atoms with Gasteiger partial charge in [-0.15, -0.1) is 0 Å². The van der Waals surface area contributed by atoms with E-state index in [1.807, 2.05) is 0 Å². The molecule has 3 rings (SSSR count). The molecular formula is C25H51N5O12. The summed E-state index contributed by atoms with van der Waals surface area (Å²) < 4.78 is 17.7. The number of hydrogen-bond donors (Lipinski definition) is 14. The Labute approximate surface area is 244 Å². The standard InChI is InChI=1S/C25H51N5O12/c1-25(39)9-40-24(20(38)23(25)28-2)42-21-13(30-6-10(32)4-26)3-12(27)15(17(21)35)22-19(37)18(36)16(34)14(41-22)7-29-5-11(33)8-31/h10-24,28-39H,3-9,26-27H2,1-2H3/t10?,11?,12-,13+,14+,15?,16+,17-,18-,19+,20+,21-,22+,23+,24+,25-/m0/s1. The fraction of sp³-hybridized carbons (Fsp3) is 1.00. The van der Waals surface area contributed by atoms with Gasteiger partial charge in [0.2, 0.25) is 0 Å². The van der Waals surface area contributed by atoms with Crippen molar-refractivity contribution in [2.24, 2.45) is 17.4 Å². The summed E-state index contributed by atoms with van der Waals surface area (Å²) in [5.74, 6) is -1.04. The average Bonchev–Trinajstić information content (AvgIpc) is 2.95. The number of aliphatic hydroxyl groups is 9. The van der Waals surface area contributed by atoms with Crippen LogP contribution in [-0.4, -0.2) is 183 Å². The number of hydrogen-bond acceptors (Lipinski definition) is 17. The number of aliphatic hydroxyl groups excluding tert-OH is 8. The molecule has 17 heteroatoms. The molecule has 1 aliphatic carbocycles. The van der Waals surface area contributed by atoms with Crippen molar-refractivity contribution in [1.29, 1.82) is 0 Å². The molecule has 0 amide bonds. The minimum Gasteiger partial charge on any atom is -0.394 e. The summed E-state index contributed by atoms with van der Waals surface area (Å²) >= 11 is 0. The van der Waals surface area contributed by atoms with Gasteiger partial charge in [0, 0.05) is 44.2 Å². The SMILES string of the molecule is CN[C@@H]1[C@@H](O)[C@@H](O[C@H]2[C@H](NCC(O)CN)C[C@H](N)C([C@H]3O[C@H](CNCC(O)CO)[C@@H](O)[C@H](O)[C@H]3O)[C@@H]2O)OC[C@]1(C)O. The minimum atomic E-state index is -1.66. The quantitative estimate of drug-likeness (QED) is 0.0917. The Morgan fingerprint density at radius 1 is 1.00 bits per heavy atom. The van der Waals surface area contributed by atoms with Crippen molar-refractivity contribution in [3.8, 4) is 0 Å². The third kappa shape index (κ3) is 8.12. The maximum Gasteiger partial charge on any atom is 0.185 e. The topological polar surface area (TPSA) is 298 Å². The lowest BCUT2D eigenvalue weighted by Crippen LogP contribution is -2.71. The van der Waals surface area contributed by atoms with E-state index < -0.39 is 104 Å². The monoisotopic (exact) mass is 613 g/mol. The Kier molecular flexibility index (Phi) is 13.3. The smallest absolute Gasteiger partial charge is 0.185 e. The molecule has 3 unspecified atom stereocenters. The number of likely N-dealkylation sites (N-methyl/N-ethyl adjacent to an activating group) is 1. The highest BCUT2D eigenvalue weighted by Crippen LogP contribution is 2.37. The van der Waals surface area contributed by atoms with E-state index in [1.165, 1.54) is 6.92 Å². The van der Waals surface area contributed by atoms with Crippen molar-refractivity contribution in [2.45, 2.75) is 104 Å². The average molecular weight is 614 g/mol. The lowest BCUT2D eigenvalue weighted by molar-refractivity contribution is -0.303. The van der Waals surface area contributed by atoms with E-state index >= 15 is 0 Å². The molecule has 2 aliphatic heterocycles. The predicted molar refractivity (Wildman–Crippen MR) is 146 cm³/mol. The summed E-state index contributed by atoms with van der Waals surface area (Å²) in [4.78, 5) is 0. The zero-order valence-corrected chi connectivity index (χ0v) is 24.0. The molecule has 0 aromatic rings. The van der Waals surface area contributed by atoms with Gasteiger partial charge in [0.05, 0.1) is 49.8 Å². The van der Waals surface area contributed by atoms with Crippen molar-refractivity contribution < 1.29 is 60.2 Å². The van der Waals surface area contributed by atoms with Gasteiger partial charge < -0.3 is 87.6 Å². The number of rotatable bonds is 13. The molecule has 2 heterocycles.